The Morgan fingerprint density at radius 3 is 2.54 bits per heavy atom. The van der Waals surface area contributed by atoms with Crippen molar-refractivity contribution in [2.45, 2.75) is 38.4 Å². The Morgan fingerprint density at radius 2 is 2.15 bits per heavy atom. The van der Waals surface area contributed by atoms with Gasteiger partial charge in [-0.3, -0.25) is 4.79 Å². The minimum Gasteiger partial charge on any atom is -0.591 e. The van der Waals surface area contributed by atoms with E-state index in [-0.39, 0.29) is 11.2 Å². The highest BCUT2D eigenvalue weighted by molar-refractivity contribution is 7.91. The van der Waals surface area contributed by atoms with Gasteiger partial charge in [0.15, 0.2) is 0 Å². The van der Waals surface area contributed by atoms with E-state index in [2.05, 4.69) is 4.40 Å². The van der Waals surface area contributed by atoms with Crippen LogP contribution >= 0.6 is 0 Å². The molecule has 0 fully saturated rings. The SMILES string of the molecule is CC(C)(C)[S+]([O-])N=CCCC(=O)O. The molecule has 0 spiro atoms. The molecule has 4 nitrogen and oxygen atoms in total. The fraction of sp³-hybridized carbons (Fsp3) is 0.750. The Balaban J connectivity index is 3.79. The van der Waals surface area contributed by atoms with Crippen LogP contribution < -0.4 is 0 Å². The van der Waals surface area contributed by atoms with E-state index in [4.69, 9.17) is 5.11 Å². The third-order valence-electron chi connectivity index (χ3n) is 1.18. The minimum atomic E-state index is -1.28. The lowest BCUT2D eigenvalue weighted by molar-refractivity contribution is -0.136. The van der Waals surface area contributed by atoms with Crippen molar-refractivity contribution in [3.8, 4) is 0 Å². The second-order valence-electron chi connectivity index (χ2n) is 3.58. The van der Waals surface area contributed by atoms with E-state index in [1.807, 2.05) is 20.8 Å². The summed E-state index contributed by atoms with van der Waals surface area (Å²) in [6, 6.07) is 0. The van der Waals surface area contributed by atoms with E-state index >= 15 is 0 Å². The zero-order valence-corrected chi connectivity index (χ0v) is 8.93. The van der Waals surface area contributed by atoms with Crippen LogP contribution in [-0.2, 0) is 16.2 Å². The van der Waals surface area contributed by atoms with Gasteiger partial charge in [-0.15, -0.1) is 0 Å². The summed E-state index contributed by atoms with van der Waals surface area (Å²) in [5, 5.41) is 8.30. The molecule has 0 aromatic heterocycles. The first kappa shape index (κ1) is 12.4. The molecule has 0 heterocycles. The van der Waals surface area contributed by atoms with Crippen LogP contribution in [0.25, 0.3) is 0 Å². The summed E-state index contributed by atoms with van der Waals surface area (Å²) >= 11 is -1.28. The van der Waals surface area contributed by atoms with E-state index < -0.39 is 17.3 Å². The molecule has 0 aliphatic rings. The van der Waals surface area contributed by atoms with Gasteiger partial charge in [-0.2, -0.15) is 0 Å². The molecule has 0 saturated heterocycles. The van der Waals surface area contributed by atoms with Gasteiger partial charge in [0, 0.05) is 0 Å². The molecule has 1 atom stereocenters. The van der Waals surface area contributed by atoms with Crippen molar-refractivity contribution in [2.75, 3.05) is 0 Å². The number of aliphatic carboxylic acids is 1. The lowest BCUT2D eigenvalue weighted by Crippen LogP contribution is -2.25. The fourth-order valence-electron chi connectivity index (χ4n) is 0.467. The van der Waals surface area contributed by atoms with Gasteiger partial charge < -0.3 is 9.66 Å². The van der Waals surface area contributed by atoms with Crippen LogP contribution in [-0.4, -0.2) is 26.6 Å². The number of rotatable bonds is 4. The summed E-state index contributed by atoms with van der Waals surface area (Å²) in [4.78, 5) is 10.1. The highest BCUT2D eigenvalue weighted by Crippen LogP contribution is 2.16. The number of carboxylic acid groups (broad SMARTS) is 1. The van der Waals surface area contributed by atoms with Crippen LogP contribution in [0.5, 0.6) is 0 Å². The smallest absolute Gasteiger partial charge is 0.303 e. The summed E-state index contributed by atoms with van der Waals surface area (Å²) in [5.41, 5.74) is 0. The third kappa shape index (κ3) is 6.60. The molecule has 0 amide bonds. The Kier molecular flexibility index (Phi) is 5.02. The molecule has 0 aromatic rings. The van der Waals surface area contributed by atoms with Crippen LogP contribution in [0, 0.1) is 0 Å². The van der Waals surface area contributed by atoms with E-state index in [0.29, 0.717) is 6.42 Å². The molecule has 76 valence electrons. The van der Waals surface area contributed by atoms with E-state index in [1.54, 1.807) is 0 Å². The van der Waals surface area contributed by atoms with Crippen molar-refractivity contribution in [1.29, 1.82) is 0 Å². The van der Waals surface area contributed by atoms with Crippen LogP contribution in [0.4, 0.5) is 0 Å². The van der Waals surface area contributed by atoms with Crippen molar-refractivity contribution >= 4 is 23.5 Å². The van der Waals surface area contributed by atoms with Crippen molar-refractivity contribution < 1.29 is 14.5 Å². The Morgan fingerprint density at radius 1 is 1.62 bits per heavy atom. The predicted molar refractivity (Wildman–Crippen MR) is 53.3 cm³/mol. The number of hydrogen-bond acceptors (Lipinski definition) is 3. The maximum absolute atomic E-state index is 11.3. The highest BCUT2D eigenvalue weighted by Gasteiger charge is 2.25. The zero-order valence-electron chi connectivity index (χ0n) is 8.11. The molecule has 0 bridgehead atoms. The third-order valence-corrected chi connectivity index (χ3v) is 2.57. The normalized spacial score (nSPS) is 14.8. The van der Waals surface area contributed by atoms with E-state index in [9.17, 15) is 9.35 Å². The monoisotopic (exact) mass is 205 g/mol. The van der Waals surface area contributed by atoms with Gasteiger partial charge in [0.05, 0.1) is 12.6 Å². The first-order chi connectivity index (χ1) is 5.84. The second-order valence-corrected chi connectivity index (χ2v) is 5.52. The maximum atomic E-state index is 11.3. The average Bonchev–Trinajstić information content (AvgIpc) is 1.95. The number of carbonyl (C=O) groups is 1. The summed E-state index contributed by atoms with van der Waals surface area (Å²) in [6.45, 7) is 5.45. The van der Waals surface area contributed by atoms with Gasteiger partial charge in [0.1, 0.15) is 16.1 Å². The number of carboxylic acids is 1. The highest BCUT2D eigenvalue weighted by atomic mass is 32.2. The van der Waals surface area contributed by atoms with Crippen LogP contribution in [0.15, 0.2) is 4.40 Å². The second kappa shape index (κ2) is 5.24. The van der Waals surface area contributed by atoms with Crippen molar-refractivity contribution in [3.63, 3.8) is 0 Å². The average molecular weight is 205 g/mol. The molecule has 0 aliphatic carbocycles. The van der Waals surface area contributed by atoms with Crippen molar-refractivity contribution in [1.82, 2.24) is 0 Å². The molecule has 0 rings (SSSR count). The first-order valence-electron chi connectivity index (χ1n) is 4.00. The summed E-state index contributed by atoms with van der Waals surface area (Å²) in [7, 11) is 0. The molecule has 5 heteroatoms. The number of nitrogens with zero attached hydrogens (tertiary/aromatic N) is 1. The Hall–Kier alpha value is -0.550. The van der Waals surface area contributed by atoms with Gasteiger partial charge in [0.2, 0.25) is 0 Å². The topological polar surface area (TPSA) is 72.7 Å². The molecule has 0 aromatic carbocycles. The lowest BCUT2D eigenvalue weighted by Gasteiger charge is -2.17. The molecule has 13 heavy (non-hydrogen) atoms. The van der Waals surface area contributed by atoms with Gasteiger partial charge in [0.25, 0.3) is 0 Å². The van der Waals surface area contributed by atoms with E-state index in [1.165, 1.54) is 6.21 Å². The maximum Gasteiger partial charge on any atom is 0.303 e. The van der Waals surface area contributed by atoms with Crippen LogP contribution in [0.3, 0.4) is 0 Å². The minimum absolute atomic E-state index is 0.0326. The molecular weight excluding hydrogens is 190 g/mol. The predicted octanol–water partition coefficient (Wildman–Crippen LogP) is 1.38. The van der Waals surface area contributed by atoms with Gasteiger partial charge >= 0.3 is 5.97 Å². The summed E-state index contributed by atoms with van der Waals surface area (Å²) < 4.78 is 14.7. The molecule has 1 N–H and O–H groups in total. The fourth-order valence-corrected chi connectivity index (χ4v) is 1.02. The lowest BCUT2D eigenvalue weighted by atomic mass is 10.3. The standard InChI is InChI=1S/C8H15NO3S/c1-8(2,3)13(12)9-6-4-5-7(10)11/h6H,4-5H2,1-3H3,(H,10,11). The Bertz CT molecular complexity index is 198. The van der Waals surface area contributed by atoms with E-state index in [0.717, 1.165) is 0 Å². The van der Waals surface area contributed by atoms with Gasteiger partial charge in [-0.05, 0) is 27.2 Å². The number of hydrogen-bond donors (Lipinski definition) is 1. The Labute approximate surface area is 81.4 Å². The summed E-state index contributed by atoms with van der Waals surface area (Å²) in [5.74, 6) is -0.868. The zero-order chi connectivity index (χ0) is 10.5. The van der Waals surface area contributed by atoms with Crippen LogP contribution in [0.1, 0.15) is 33.6 Å². The largest absolute Gasteiger partial charge is 0.591 e. The first-order valence-corrected chi connectivity index (χ1v) is 5.11. The molecule has 0 saturated carbocycles. The molecule has 0 aliphatic heterocycles. The van der Waals surface area contributed by atoms with Crippen molar-refractivity contribution in [2.24, 2.45) is 4.40 Å². The molecule has 1 unspecified atom stereocenters. The summed E-state index contributed by atoms with van der Waals surface area (Å²) in [6.07, 6.45) is 1.78. The van der Waals surface area contributed by atoms with Gasteiger partial charge in [-0.1, -0.05) is 4.40 Å². The van der Waals surface area contributed by atoms with Crippen molar-refractivity contribution in [3.05, 3.63) is 0 Å². The molecule has 0 radical (unpaired) electrons. The van der Waals surface area contributed by atoms with Gasteiger partial charge in [-0.25, -0.2) is 0 Å². The molecular formula is C8H15NO3S. The quantitative estimate of drug-likeness (QED) is 0.556. The van der Waals surface area contributed by atoms with Crippen LogP contribution in [0.2, 0.25) is 0 Å².